The van der Waals surface area contributed by atoms with E-state index in [4.69, 9.17) is 9.84 Å². The summed E-state index contributed by atoms with van der Waals surface area (Å²) in [5.74, 6) is -3.41. The van der Waals surface area contributed by atoms with Gasteiger partial charge in [0.25, 0.3) is 5.91 Å². The predicted molar refractivity (Wildman–Crippen MR) is 132 cm³/mol. The topological polar surface area (TPSA) is 145 Å². The first kappa shape index (κ1) is 27.3. The maximum atomic E-state index is 13.0. The molecule has 0 saturated carbocycles. The van der Waals surface area contributed by atoms with Crippen LogP contribution in [0.25, 0.3) is 0 Å². The van der Waals surface area contributed by atoms with Gasteiger partial charge in [-0.1, -0.05) is 23.3 Å². The zero-order valence-electron chi connectivity index (χ0n) is 21.2. The van der Waals surface area contributed by atoms with E-state index in [0.29, 0.717) is 24.0 Å². The summed E-state index contributed by atoms with van der Waals surface area (Å²) in [5, 5.41) is 40.1. The lowest BCUT2D eigenvalue weighted by Gasteiger charge is -2.41. The van der Waals surface area contributed by atoms with Gasteiger partial charge in [-0.2, -0.15) is 0 Å². The van der Waals surface area contributed by atoms with Crippen molar-refractivity contribution in [1.82, 2.24) is 4.90 Å². The second-order valence-electron chi connectivity index (χ2n) is 10.2. The minimum Gasteiger partial charge on any atom is -0.508 e. The lowest BCUT2D eigenvalue weighted by molar-refractivity contribution is -0.148. The van der Waals surface area contributed by atoms with Crippen LogP contribution in [-0.2, 0) is 22.6 Å². The number of carbonyl (C=O) groups excluding carboxylic acids is 1. The Morgan fingerprint density at radius 2 is 1.89 bits per heavy atom. The highest BCUT2D eigenvalue weighted by Gasteiger charge is 2.46. The number of amides is 1. The highest BCUT2D eigenvalue weighted by atomic mass is 16.5. The smallest absolute Gasteiger partial charge is 0.327 e. The molecule has 0 aromatic heterocycles. The molecule has 0 spiro atoms. The van der Waals surface area contributed by atoms with E-state index < -0.39 is 42.0 Å². The number of carboxylic acids is 2. The maximum Gasteiger partial charge on any atom is 0.327 e. The normalized spacial score (nSPS) is 21.9. The van der Waals surface area contributed by atoms with E-state index in [1.807, 2.05) is 0 Å². The van der Waals surface area contributed by atoms with Gasteiger partial charge in [0.2, 0.25) is 0 Å². The number of phenols is 1. The highest BCUT2D eigenvalue weighted by molar-refractivity contribution is 6.02. The number of aliphatic carboxylic acids is 2. The van der Waals surface area contributed by atoms with Gasteiger partial charge < -0.3 is 30.1 Å². The highest BCUT2D eigenvalue weighted by Crippen LogP contribution is 2.46. The second kappa shape index (κ2) is 10.7. The number of hydrogen-bond acceptors (Lipinski definition) is 6. The number of fused-ring (bicyclic) bond motifs is 3. The minimum absolute atomic E-state index is 0.0802. The van der Waals surface area contributed by atoms with Crippen molar-refractivity contribution >= 4 is 17.8 Å². The first-order valence-corrected chi connectivity index (χ1v) is 12.1. The molecular weight excluding hydrogens is 466 g/mol. The van der Waals surface area contributed by atoms with E-state index in [9.17, 15) is 29.7 Å². The molecule has 3 rings (SSSR count). The third kappa shape index (κ3) is 5.73. The van der Waals surface area contributed by atoms with Gasteiger partial charge in [0.1, 0.15) is 23.1 Å². The van der Waals surface area contributed by atoms with Crippen LogP contribution in [0, 0.1) is 0 Å². The molecule has 1 aromatic rings. The second-order valence-corrected chi connectivity index (χ2v) is 10.2. The van der Waals surface area contributed by atoms with E-state index in [1.54, 1.807) is 6.92 Å². The number of hydrogen-bond donors (Lipinski definition) is 4. The van der Waals surface area contributed by atoms with Gasteiger partial charge in [-0.3, -0.25) is 9.59 Å². The Labute approximate surface area is 210 Å². The van der Waals surface area contributed by atoms with Crippen LogP contribution < -0.4 is 4.74 Å². The maximum absolute atomic E-state index is 13.0. The molecule has 2 aliphatic rings. The molecule has 2 heterocycles. The first-order valence-electron chi connectivity index (χ1n) is 12.1. The number of rotatable bonds is 10. The number of phenolic OH excluding ortho intramolecular Hbond substituents is 1. The Morgan fingerprint density at radius 1 is 1.19 bits per heavy atom. The van der Waals surface area contributed by atoms with Crippen LogP contribution >= 0.6 is 0 Å². The lowest BCUT2D eigenvalue weighted by Crippen LogP contribution is -2.49. The molecule has 0 aliphatic carbocycles. The Balaban J connectivity index is 1.84. The molecule has 1 unspecified atom stereocenters. The zero-order chi connectivity index (χ0) is 26.8. The van der Waals surface area contributed by atoms with Crippen LogP contribution in [0.1, 0.15) is 81.3 Å². The predicted octanol–water partition coefficient (Wildman–Crippen LogP) is 3.80. The molecule has 3 atom stereocenters. The first-order chi connectivity index (χ1) is 16.8. The molecule has 0 radical (unpaired) electrons. The SMILES string of the molecule is CC(C)=CCC/C(C)=C/CC[C@]1(C)Oc2c(c(O)cc3c2CN([C@@H](CC(=O)O)C(=O)O)C3=O)CC1O. The number of ether oxygens (including phenoxy) is 1. The summed E-state index contributed by atoms with van der Waals surface area (Å²) in [6.45, 7) is 7.82. The fourth-order valence-corrected chi connectivity index (χ4v) is 4.77. The zero-order valence-corrected chi connectivity index (χ0v) is 21.2. The number of nitrogens with zero attached hydrogens (tertiary/aromatic N) is 1. The number of benzene rings is 1. The molecule has 36 heavy (non-hydrogen) atoms. The van der Waals surface area contributed by atoms with Gasteiger partial charge in [-0.05, 0) is 59.4 Å². The van der Waals surface area contributed by atoms with Crippen LogP contribution in [0.4, 0.5) is 0 Å². The fourth-order valence-electron chi connectivity index (χ4n) is 4.77. The van der Waals surface area contributed by atoms with Crippen LogP contribution in [-0.4, -0.2) is 60.9 Å². The van der Waals surface area contributed by atoms with Crippen LogP contribution in [0.2, 0.25) is 0 Å². The van der Waals surface area contributed by atoms with E-state index in [0.717, 1.165) is 17.7 Å². The van der Waals surface area contributed by atoms with Crippen molar-refractivity contribution in [3.05, 3.63) is 46.1 Å². The van der Waals surface area contributed by atoms with Crippen molar-refractivity contribution in [2.75, 3.05) is 0 Å². The van der Waals surface area contributed by atoms with Gasteiger partial charge in [-0.15, -0.1) is 0 Å². The summed E-state index contributed by atoms with van der Waals surface area (Å²) in [4.78, 5) is 36.9. The van der Waals surface area contributed by atoms with Crippen molar-refractivity contribution in [1.29, 1.82) is 0 Å². The molecule has 0 fully saturated rings. The largest absolute Gasteiger partial charge is 0.508 e. The molecule has 4 N–H and O–H groups in total. The number of aliphatic hydroxyl groups excluding tert-OH is 1. The molecule has 0 bridgehead atoms. The molecule has 196 valence electrons. The Bertz CT molecular complexity index is 1120. The average molecular weight is 502 g/mol. The van der Waals surface area contributed by atoms with Gasteiger partial charge in [0, 0.05) is 17.5 Å². The minimum atomic E-state index is -1.56. The standard InChI is InChI=1S/C27H35NO8/c1-15(2)7-5-8-16(3)9-6-10-27(4)22(30)12-18-21(29)11-17-19(24(18)36-27)14-28(25(17)33)20(26(34)35)13-23(31)32/h7,9,11,20,22,29-30H,5-6,8,10,12-14H2,1-4H3,(H,31,32)(H,34,35)/b16-9+/t20-,22?,27-/m0/s1. The van der Waals surface area contributed by atoms with Gasteiger partial charge in [-0.25, -0.2) is 4.79 Å². The summed E-state index contributed by atoms with van der Waals surface area (Å²) in [6, 6.07) is -0.312. The molecule has 1 aromatic carbocycles. The third-order valence-corrected chi connectivity index (χ3v) is 6.97. The van der Waals surface area contributed by atoms with Crippen molar-refractivity contribution in [2.45, 2.75) is 90.5 Å². The molecule has 9 heteroatoms. The summed E-state index contributed by atoms with van der Waals surface area (Å²) >= 11 is 0. The number of allylic oxidation sites excluding steroid dienone is 4. The van der Waals surface area contributed by atoms with Crippen LogP contribution in [0.3, 0.4) is 0 Å². The van der Waals surface area contributed by atoms with Gasteiger partial charge >= 0.3 is 11.9 Å². The van der Waals surface area contributed by atoms with E-state index in [2.05, 4.69) is 32.9 Å². The van der Waals surface area contributed by atoms with Crippen LogP contribution in [0.15, 0.2) is 29.4 Å². The monoisotopic (exact) mass is 501 g/mol. The van der Waals surface area contributed by atoms with Crippen molar-refractivity contribution < 1.29 is 39.5 Å². The Kier molecular flexibility index (Phi) is 8.13. The average Bonchev–Trinajstić information content (AvgIpc) is 3.09. The number of aromatic hydroxyl groups is 1. The quantitative estimate of drug-likeness (QED) is 0.354. The summed E-state index contributed by atoms with van der Waals surface area (Å²) < 4.78 is 6.28. The van der Waals surface area contributed by atoms with Crippen molar-refractivity contribution in [2.24, 2.45) is 0 Å². The molecule has 2 aliphatic heterocycles. The summed E-state index contributed by atoms with van der Waals surface area (Å²) in [5.41, 5.74) is 2.35. The fraction of sp³-hybridized carbons (Fsp3) is 0.519. The van der Waals surface area contributed by atoms with Gasteiger partial charge in [0.05, 0.1) is 24.6 Å². The molecular formula is C27H35NO8. The van der Waals surface area contributed by atoms with E-state index in [1.165, 1.54) is 17.2 Å². The Morgan fingerprint density at radius 3 is 2.50 bits per heavy atom. The molecule has 1 amide bonds. The number of carbonyl (C=O) groups is 3. The van der Waals surface area contributed by atoms with Gasteiger partial charge in [0.15, 0.2) is 0 Å². The molecule has 0 saturated heterocycles. The van der Waals surface area contributed by atoms with E-state index in [-0.39, 0.29) is 30.0 Å². The van der Waals surface area contributed by atoms with Crippen molar-refractivity contribution in [3.8, 4) is 11.5 Å². The van der Waals surface area contributed by atoms with Crippen LogP contribution in [0.5, 0.6) is 11.5 Å². The Hall–Kier alpha value is -3.33. The summed E-state index contributed by atoms with van der Waals surface area (Å²) in [7, 11) is 0. The lowest BCUT2D eigenvalue weighted by atomic mass is 9.84. The molecule has 9 nitrogen and oxygen atoms in total. The number of aliphatic hydroxyl groups is 1. The van der Waals surface area contributed by atoms with E-state index >= 15 is 0 Å². The van der Waals surface area contributed by atoms with Crippen molar-refractivity contribution in [3.63, 3.8) is 0 Å². The summed E-state index contributed by atoms with van der Waals surface area (Å²) in [6.07, 6.45) is 5.82. The third-order valence-electron chi connectivity index (χ3n) is 6.97. The number of carboxylic acid groups (broad SMARTS) is 2.